The molecule has 2 aromatic carbocycles. The van der Waals surface area contributed by atoms with Crippen molar-refractivity contribution in [1.29, 1.82) is 0 Å². The van der Waals surface area contributed by atoms with E-state index in [1.807, 2.05) is 37.3 Å². The SMILES string of the molecule is CCNc1ccc(CSc2ccccc2Cl)cc1[N+](=O)[O-]. The topological polar surface area (TPSA) is 55.2 Å². The summed E-state index contributed by atoms with van der Waals surface area (Å²) in [5, 5.41) is 14.8. The Hall–Kier alpha value is -1.72. The van der Waals surface area contributed by atoms with Crippen molar-refractivity contribution in [2.24, 2.45) is 0 Å². The molecule has 110 valence electrons. The van der Waals surface area contributed by atoms with Gasteiger partial charge in [-0.2, -0.15) is 0 Å². The summed E-state index contributed by atoms with van der Waals surface area (Å²) < 4.78 is 0. The maximum Gasteiger partial charge on any atom is 0.292 e. The molecule has 0 unspecified atom stereocenters. The minimum Gasteiger partial charge on any atom is -0.380 e. The number of rotatable bonds is 6. The molecule has 0 fully saturated rings. The van der Waals surface area contributed by atoms with Gasteiger partial charge in [0.15, 0.2) is 0 Å². The van der Waals surface area contributed by atoms with Crippen LogP contribution in [0.25, 0.3) is 0 Å². The molecule has 4 nitrogen and oxygen atoms in total. The fourth-order valence-electron chi connectivity index (χ4n) is 1.88. The number of hydrogen-bond acceptors (Lipinski definition) is 4. The second kappa shape index (κ2) is 7.33. The molecule has 0 bridgehead atoms. The van der Waals surface area contributed by atoms with Crippen LogP contribution in [0.4, 0.5) is 11.4 Å². The van der Waals surface area contributed by atoms with Crippen LogP contribution in [0, 0.1) is 10.1 Å². The Labute approximate surface area is 132 Å². The monoisotopic (exact) mass is 322 g/mol. The van der Waals surface area contributed by atoms with Gasteiger partial charge in [0.2, 0.25) is 0 Å². The van der Waals surface area contributed by atoms with E-state index in [1.54, 1.807) is 23.9 Å². The molecule has 0 spiro atoms. The van der Waals surface area contributed by atoms with Gasteiger partial charge in [-0.15, -0.1) is 11.8 Å². The highest BCUT2D eigenvalue weighted by Crippen LogP contribution is 2.32. The number of hydrogen-bond donors (Lipinski definition) is 1. The average Bonchev–Trinajstić information content (AvgIpc) is 2.47. The molecule has 0 saturated heterocycles. The number of nitro benzene ring substituents is 1. The Kier molecular flexibility index (Phi) is 5.47. The average molecular weight is 323 g/mol. The molecule has 0 saturated carbocycles. The first-order valence-corrected chi connectivity index (χ1v) is 7.86. The van der Waals surface area contributed by atoms with E-state index in [0.717, 1.165) is 10.5 Å². The van der Waals surface area contributed by atoms with Crippen LogP contribution in [0.15, 0.2) is 47.4 Å². The van der Waals surface area contributed by atoms with Crippen molar-refractivity contribution in [2.75, 3.05) is 11.9 Å². The quantitative estimate of drug-likeness (QED) is 0.463. The molecule has 0 aromatic heterocycles. The Balaban J connectivity index is 2.16. The second-order valence-electron chi connectivity index (χ2n) is 4.36. The van der Waals surface area contributed by atoms with Crippen LogP contribution in [0.5, 0.6) is 0 Å². The second-order valence-corrected chi connectivity index (χ2v) is 5.78. The molecular formula is C15H15ClN2O2S. The zero-order valence-electron chi connectivity index (χ0n) is 11.5. The maximum atomic E-state index is 11.1. The molecule has 0 atom stereocenters. The summed E-state index contributed by atoms with van der Waals surface area (Å²) in [5.74, 6) is 0.636. The molecule has 6 heteroatoms. The standard InChI is InChI=1S/C15H15ClN2O2S/c1-2-17-13-8-7-11(9-14(13)18(19)20)10-21-15-6-4-3-5-12(15)16/h3-9,17H,2,10H2,1H3. The number of benzene rings is 2. The lowest BCUT2D eigenvalue weighted by Crippen LogP contribution is -2.01. The minimum atomic E-state index is -0.359. The van der Waals surface area contributed by atoms with Crippen molar-refractivity contribution < 1.29 is 4.92 Å². The molecule has 2 aromatic rings. The Morgan fingerprint density at radius 2 is 2.05 bits per heavy atom. The summed E-state index contributed by atoms with van der Waals surface area (Å²) in [4.78, 5) is 11.7. The molecule has 0 aliphatic rings. The van der Waals surface area contributed by atoms with Crippen molar-refractivity contribution in [2.45, 2.75) is 17.6 Å². The van der Waals surface area contributed by atoms with E-state index in [0.29, 0.717) is 23.0 Å². The molecule has 0 radical (unpaired) electrons. The highest BCUT2D eigenvalue weighted by atomic mass is 35.5. The van der Waals surface area contributed by atoms with E-state index >= 15 is 0 Å². The molecule has 0 aliphatic carbocycles. The van der Waals surface area contributed by atoms with Crippen LogP contribution in [0.2, 0.25) is 5.02 Å². The van der Waals surface area contributed by atoms with Gasteiger partial charge in [-0.25, -0.2) is 0 Å². The van der Waals surface area contributed by atoms with Crippen molar-refractivity contribution in [3.63, 3.8) is 0 Å². The van der Waals surface area contributed by atoms with Crippen molar-refractivity contribution >= 4 is 34.7 Å². The number of thioether (sulfide) groups is 1. The van der Waals surface area contributed by atoms with Crippen LogP contribution < -0.4 is 5.32 Å². The lowest BCUT2D eigenvalue weighted by atomic mass is 10.2. The van der Waals surface area contributed by atoms with Gasteiger partial charge in [-0.3, -0.25) is 10.1 Å². The van der Waals surface area contributed by atoms with Crippen LogP contribution in [0.1, 0.15) is 12.5 Å². The van der Waals surface area contributed by atoms with Gasteiger partial charge in [-0.1, -0.05) is 29.8 Å². The van der Waals surface area contributed by atoms with Crippen LogP contribution >= 0.6 is 23.4 Å². The van der Waals surface area contributed by atoms with Crippen molar-refractivity contribution in [1.82, 2.24) is 0 Å². The third-order valence-electron chi connectivity index (χ3n) is 2.86. The minimum absolute atomic E-state index is 0.106. The summed E-state index contributed by atoms with van der Waals surface area (Å²) in [5.41, 5.74) is 1.55. The number of nitrogens with one attached hydrogen (secondary N) is 1. The number of halogens is 1. The number of anilines is 1. The third-order valence-corrected chi connectivity index (χ3v) is 4.44. The van der Waals surface area contributed by atoms with Crippen molar-refractivity contribution in [3.8, 4) is 0 Å². The summed E-state index contributed by atoms with van der Waals surface area (Å²) in [6.45, 7) is 2.56. The van der Waals surface area contributed by atoms with Gasteiger partial charge in [0.1, 0.15) is 5.69 Å². The lowest BCUT2D eigenvalue weighted by molar-refractivity contribution is -0.384. The highest BCUT2D eigenvalue weighted by Gasteiger charge is 2.14. The predicted octanol–water partition coefficient (Wildman–Crippen LogP) is 4.97. The van der Waals surface area contributed by atoms with Crippen LogP contribution in [-0.4, -0.2) is 11.5 Å². The Bertz CT molecular complexity index is 649. The third kappa shape index (κ3) is 4.12. The van der Waals surface area contributed by atoms with Gasteiger partial charge in [-0.05, 0) is 30.7 Å². The van der Waals surface area contributed by atoms with E-state index in [1.165, 1.54) is 0 Å². The van der Waals surface area contributed by atoms with Crippen LogP contribution in [-0.2, 0) is 5.75 Å². The lowest BCUT2D eigenvalue weighted by Gasteiger charge is -2.07. The molecule has 0 aliphatic heterocycles. The molecule has 21 heavy (non-hydrogen) atoms. The van der Waals surface area contributed by atoms with E-state index in [9.17, 15) is 10.1 Å². The maximum absolute atomic E-state index is 11.1. The highest BCUT2D eigenvalue weighted by molar-refractivity contribution is 7.98. The first-order chi connectivity index (χ1) is 10.1. The fourth-order valence-corrected chi connectivity index (χ4v) is 3.06. The summed E-state index contributed by atoms with van der Waals surface area (Å²) in [6, 6.07) is 12.8. The molecule has 0 heterocycles. The van der Waals surface area contributed by atoms with Gasteiger partial charge >= 0.3 is 0 Å². The normalized spacial score (nSPS) is 10.4. The van der Waals surface area contributed by atoms with Gasteiger partial charge in [0.05, 0.1) is 9.95 Å². The molecule has 0 amide bonds. The number of nitro groups is 1. The first kappa shape index (κ1) is 15.7. The molecular weight excluding hydrogens is 308 g/mol. The first-order valence-electron chi connectivity index (χ1n) is 6.50. The number of nitrogens with zero attached hydrogens (tertiary/aromatic N) is 1. The molecule has 1 N–H and O–H groups in total. The van der Waals surface area contributed by atoms with Gasteiger partial charge in [0.25, 0.3) is 5.69 Å². The molecule has 2 rings (SSSR count). The zero-order chi connectivity index (χ0) is 15.2. The zero-order valence-corrected chi connectivity index (χ0v) is 13.1. The Morgan fingerprint density at radius 1 is 1.29 bits per heavy atom. The van der Waals surface area contributed by atoms with E-state index < -0.39 is 0 Å². The van der Waals surface area contributed by atoms with E-state index in [2.05, 4.69) is 5.32 Å². The van der Waals surface area contributed by atoms with Crippen molar-refractivity contribution in [3.05, 3.63) is 63.2 Å². The summed E-state index contributed by atoms with van der Waals surface area (Å²) in [6.07, 6.45) is 0. The van der Waals surface area contributed by atoms with Gasteiger partial charge in [0, 0.05) is 23.3 Å². The summed E-state index contributed by atoms with van der Waals surface area (Å²) >= 11 is 7.66. The van der Waals surface area contributed by atoms with Crippen LogP contribution in [0.3, 0.4) is 0 Å². The smallest absolute Gasteiger partial charge is 0.292 e. The largest absolute Gasteiger partial charge is 0.380 e. The van der Waals surface area contributed by atoms with Gasteiger partial charge < -0.3 is 5.32 Å². The predicted molar refractivity (Wildman–Crippen MR) is 88.3 cm³/mol. The van der Waals surface area contributed by atoms with E-state index in [-0.39, 0.29) is 10.6 Å². The summed E-state index contributed by atoms with van der Waals surface area (Å²) in [7, 11) is 0. The Morgan fingerprint density at radius 3 is 2.71 bits per heavy atom. The van der Waals surface area contributed by atoms with E-state index in [4.69, 9.17) is 11.6 Å². The fraction of sp³-hybridized carbons (Fsp3) is 0.200.